The molecule has 0 aliphatic rings. The lowest BCUT2D eigenvalue weighted by molar-refractivity contribution is 0.102. The van der Waals surface area contributed by atoms with Crippen LogP contribution in [-0.2, 0) is 0 Å². The topological polar surface area (TPSA) is 81.3 Å². The minimum atomic E-state index is -0.207. The molecule has 2 aromatic carbocycles. The summed E-state index contributed by atoms with van der Waals surface area (Å²) in [5, 5.41) is 2.93. The summed E-state index contributed by atoms with van der Waals surface area (Å²) in [6.45, 7) is 0. The van der Waals surface area contributed by atoms with Gasteiger partial charge in [-0.2, -0.15) is 0 Å². The molecule has 0 bridgehead atoms. The molecule has 8 heteroatoms. The van der Waals surface area contributed by atoms with Crippen molar-refractivity contribution >= 4 is 39.1 Å². The van der Waals surface area contributed by atoms with Gasteiger partial charge in [0.15, 0.2) is 22.4 Å². The number of carbonyl (C=O) groups excluding carboxylic acids is 1. The number of Topliss-reactive ketones (excluding diaryl/α,β-unsaturated/α-hetero) is 1. The number of hydrogen-bond donors (Lipinski definition) is 1. The van der Waals surface area contributed by atoms with Crippen LogP contribution in [-0.4, -0.2) is 35.7 Å². The fourth-order valence-electron chi connectivity index (χ4n) is 3.05. The van der Waals surface area contributed by atoms with Crippen molar-refractivity contribution in [1.29, 1.82) is 0 Å². The van der Waals surface area contributed by atoms with Gasteiger partial charge in [0, 0.05) is 16.5 Å². The minimum Gasteiger partial charge on any atom is -0.493 e. The smallest absolute Gasteiger partial charge is 0.260 e. The molecule has 0 fully saturated rings. The van der Waals surface area contributed by atoms with Crippen LogP contribution in [0.4, 0.5) is 0 Å². The second kappa shape index (κ2) is 8.73. The van der Waals surface area contributed by atoms with Gasteiger partial charge in [-0.1, -0.05) is 42.1 Å². The Labute approximate surface area is 180 Å². The van der Waals surface area contributed by atoms with Gasteiger partial charge in [0.25, 0.3) is 5.56 Å². The molecule has 0 saturated carbocycles. The molecule has 0 aliphatic carbocycles. The van der Waals surface area contributed by atoms with Gasteiger partial charge in [0.2, 0.25) is 0 Å². The third-order valence-corrected chi connectivity index (χ3v) is 6.30. The molecular formula is C22H18N2O4S2. The van der Waals surface area contributed by atoms with Crippen molar-refractivity contribution in [1.82, 2.24) is 9.97 Å². The predicted molar refractivity (Wildman–Crippen MR) is 120 cm³/mol. The molecule has 0 radical (unpaired) electrons. The Morgan fingerprint density at radius 1 is 1.10 bits per heavy atom. The van der Waals surface area contributed by atoms with Crippen molar-refractivity contribution in [2.45, 2.75) is 5.16 Å². The second-order valence-corrected chi connectivity index (χ2v) is 8.17. The third kappa shape index (κ3) is 3.96. The molecule has 2 heterocycles. The number of aromatic amines is 1. The second-order valence-electron chi connectivity index (χ2n) is 6.35. The van der Waals surface area contributed by atoms with E-state index in [1.807, 2.05) is 35.7 Å². The number of hydrogen-bond acceptors (Lipinski definition) is 7. The lowest BCUT2D eigenvalue weighted by atomic mass is 10.1. The molecule has 0 spiro atoms. The number of methoxy groups -OCH3 is 2. The highest BCUT2D eigenvalue weighted by Gasteiger charge is 2.15. The number of benzene rings is 2. The molecule has 152 valence electrons. The zero-order chi connectivity index (χ0) is 21.1. The summed E-state index contributed by atoms with van der Waals surface area (Å²) in [4.78, 5) is 33.3. The Morgan fingerprint density at radius 3 is 2.60 bits per heavy atom. The van der Waals surface area contributed by atoms with Crippen molar-refractivity contribution in [3.05, 3.63) is 69.8 Å². The van der Waals surface area contributed by atoms with Crippen molar-refractivity contribution < 1.29 is 14.3 Å². The molecule has 4 rings (SSSR count). The highest BCUT2D eigenvalue weighted by atomic mass is 32.2. The number of fused-ring (bicyclic) bond motifs is 1. The molecule has 0 amide bonds. The maximum absolute atomic E-state index is 12.7. The fraction of sp³-hybridized carbons (Fsp3) is 0.136. The van der Waals surface area contributed by atoms with E-state index >= 15 is 0 Å². The number of thiophene rings is 1. The first-order valence-electron chi connectivity index (χ1n) is 9.05. The highest BCUT2D eigenvalue weighted by molar-refractivity contribution is 7.99. The van der Waals surface area contributed by atoms with E-state index in [-0.39, 0.29) is 17.1 Å². The monoisotopic (exact) mass is 438 g/mol. The van der Waals surface area contributed by atoms with E-state index in [1.54, 1.807) is 25.3 Å². The van der Waals surface area contributed by atoms with Crippen LogP contribution < -0.4 is 15.0 Å². The first-order chi connectivity index (χ1) is 14.6. The Morgan fingerprint density at radius 2 is 1.87 bits per heavy atom. The van der Waals surface area contributed by atoms with Gasteiger partial charge in [-0.15, -0.1) is 11.3 Å². The predicted octanol–water partition coefficient (Wildman–Crippen LogP) is 4.64. The van der Waals surface area contributed by atoms with Crippen LogP contribution in [0.1, 0.15) is 10.4 Å². The number of thioether (sulfide) groups is 1. The Kier molecular flexibility index (Phi) is 5.87. The van der Waals surface area contributed by atoms with E-state index in [0.717, 1.165) is 11.1 Å². The van der Waals surface area contributed by atoms with Gasteiger partial charge in [-0.05, 0) is 23.8 Å². The standard InChI is InChI=1S/C22H18N2O4S2/c1-27-17-9-8-14(10-18(17)28-2)16(25)12-30-22-23-20(26)19-15(11-29-21(19)24-22)13-6-4-3-5-7-13/h3-11H,12H2,1-2H3,(H,23,24,26). The number of nitrogens with zero attached hydrogens (tertiary/aromatic N) is 1. The average molecular weight is 439 g/mol. The quantitative estimate of drug-likeness (QED) is 0.257. The first kappa shape index (κ1) is 20.2. The van der Waals surface area contributed by atoms with E-state index in [4.69, 9.17) is 9.47 Å². The molecule has 0 atom stereocenters. The number of rotatable bonds is 7. The van der Waals surface area contributed by atoms with E-state index in [9.17, 15) is 9.59 Å². The molecule has 0 aliphatic heterocycles. The maximum Gasteiger partial charge on any atom is 0.260 e. The lowest BCUT2D eigenvalue weighted by Gasteiger charge is -2.09. The van der Waals surface area contributed by atoms with Crippen LogP contribution in [0.15, 0.2) is 63.9 Å². The summed E-state index contributed by atoms with van der Waals surface area (Å²) in [6, 6.07) is 14.8. The zero-order valence-electron chi connectivity index (χ0n) is 16.3. The van der Waals surface area contributed by atoms with Gasteiger partial charge in [-0.25, -0.2) is 4.98 Å². The molecular weight excluding hydrogens is 420 g/mol. The number of ether oxygens (including phenoxy) is 2. The van der Waals surface area contributed by atoms with Crippen LogP contribution in [0.5, 0.6) is 11.5 Å². The largest absolute Gasteiger partial charge is 0.493 e. The summed E-state index contributed by atoms with van der Waals surface area (Å²) >= 11 is 2.62. The fourth-order valence-corrected chi connectivity index (χ4v) is 4.82. The van der Waals surface area contributed by atoms with Gasteiger partial charge in [0.1, 0.15) is 4.83 Å². The normalized spacial score (nSPS) is 10.9. The zero-order valence-corrected chi connectivity index (χ0v) is 17.9. The number of aromatic nitrogens is 2. The molecule has 2 aromatic heterocycles. The van der Waals surface area contributed by atoms with Crippen LogP contribution in [0.25, 0.3) is 21.3 Å². The first-order valence-corrected chi connectivity index (χ1v) is 10.9. The van der Waals surface area contributed by atoms with E-state index < -0.39 is 0 Å². The van der Waals surface area contributed by atoms with Gasteiger partial charge in [0.05, 0.1) is 25.4 Å². The number of nitrogens with one attached hydrogen (secondary N) is 1. The van der Waals surface area contributed by atoms with Crippen LogP contribution in [0.2, 0.25) is 0 Å². The van der Waals surface area contributed by atoms with Crippen molar-refractivity contribution in [2.75, 3.05) is 20.0 Å². The summed E-state index contributed by atoms with van der Waals surface area (Å²) in [5.74, 6) is 1.10. The summed E-state index contributed by atoms with van der Waals surface area (Å²) in [7, 11) is 3.07. The van der Waals surface area contributed by atoms with Crippen molar-refractivity contribution in [3.8, 4) is 22.6 Å². The molecule has 4 aromatic rings. The van der Waals surface area contributed by atoms with Crippen LogP contribution >= 0.6 is 23.1 Å². The van der Waals surface area contributed by atoms with Crippen LogP contribution in [0.3, 0.4) is 0 Å². The molecule has 0 saturated heterocycles. The van der Waals surface area contributed by atoms with E-state index in [2.05, 4.69) is 9.97 Å². The summed E-state index contributed by atoms with van der Waals surface area (Å²) < 4.78 is 10.4. The molecule has 0 unspecified atom stereocenters. The summed E-state index contributed by atoms with van der Waals surface area (Å²) in [5.41, 5.74) is 2.13. The molecule has 6 nitrogen and oxygen atoms in total. The highest BCUT2D eigenvalue weighted by Crippen LogP contribution is 2.32. The number of carbonyl (C=O) groups is 1. The molecule has 1 N–H and O–H groups in total. The van der Waals surface area contributed by atoms with E-state index in [1.165, 1.54) is 30.2 Å². The number of H-pyrrole nitrogens is 1. The lowest BCUT2D eigenvalue weighted by Crippen LogP contribution is -2.10. The Balaban J connectivity index is 1.55. The average Bonchev–Trinajstić information content (AvgIpc) is 3.22. The van der Waals surface area contributed by atoms with Gasteiger partial charge >= 0.3 is 0 Å². The van der Waals surface area contributed by atoms with Gasteiger partial charge in [-0.3, -0.25) is 9.59 Å². The SMILES string of the molecule is COc1ccc(C(=O)CSc2nc3scc(-c4ccccc4)c3c(=O)[nH]2)cc1OC. The minimum absolute atomic E-state index is 0.0974. The third-order valence-electron chi connectivity index (χ3n) is 4.55. The molecule has 30 heavy (non-hydrogen) atoms. The number of ketones is 1. The summed E-state index contributed by atoms with van der Waals surface area (Å²) in [6.07, 6.45) is 0. The maximum atomic E-state index is 12.7. The van der Waals surface area contributed by atoms with E-state index in [0.29, 0.717) is 32.4 Å². The van der Waals surface area contributed by atoms with Crippen molar-refractivity contribution in [3.63, 3.8) is 0 Å². The Hall–Kier alpha value is -3.10. The van der Waals surface area contributed by atoms with Gasteiger partial charge < -0.3 is 14.5 Å². The van der Waals surface area contributed by atoms with Crippen molar-refractivity contribution in [2.24, 2.45) is 0 Å². The Bertz CT molecular complexity index is 1270. The van der Waals surface area contributed by atoms with Crippen LogP contribution in [0, 0.1) is 0 Å².